The van der Waals surface area contributed by atoms with Gasteiger partial charge in [0.2, 0.25) is 5.88 Å². The Kier molecular flexibility index (Phi) is 4.17. The van der Waals surface area contributed by atoms with Gasteiger partial charge in [-0.1, -0.05) is 12.1 Å². The van der Waals surface area contributed by atoms with Crippen LogP contribution in [0.3, 0.4) is 0 Å². The van der Waals surface area contributed by atoms with Crippen LogP contribution in [0.4, 0.5) is 0 Å². The second kappa shape index (κ2) is 5.85. The van der Waals surface area contributed by atoms with Gasteiger partial charge in [0.15, 0.2) is 0 Å². The summed E-state index contributed by atoms with van der Waals surface area (Å²) in [5.41, 5.74) is 4.45. The molecule has 0 radical (unpaired) electrons. The van der Waals surface area contributed by atoms with E-state index in [1.807, 2.05) is 32.2 Å². The summed E-state index contributed by atoms with van der Waals surface area (Å²) in [6.07, 6.45) is 0. The molecule has 1 aromatic carbocycles. The third kappa shape index (κ3) is 3.32. The first-order valence-corrected chi connectivity index (χ1v) is 6.46. The van der Waals surface area contributed by atoms with Gasteiger partial charge < -0.3 is 10.1 Å². The topological polar surface area (TPSA) is 34.2 Å². The molecule has 0 bridgehead atoms. The summed E-state index contributed by atoms with van der Waals surface area (Å²) < 4.78 is 5.95. The van der Waals surface area contributed by atoms with Crippen LogP contribution in [0.1, 0.15) is 22.4 Å². The molecular formula is C16H20N2O. The Hall–Kier alpha value is -1.87. The lowest BCUT2D eigenvalue weighted by Crippen LogP contribution is -2.09. The van der Waals surface area contributed by atoms with Gasteiger partial charge in [-0.25, -0.2) is 4.98 Å². The van der Waals surface area contributed by atoms with Crippen molar-refractivity contribution in [1.82, 2.24) is 10.3 Å². The molecule has 0 aliphatic heterocycles. The third-order valence-corrected chi connectivity index (χ3v) is 3.00. The van der Waals surface area contributed by atoms with Crippen molar-refractivity contribution in [3.63, 3.8) is 0 Å². The van der Waals surface area contributed by atoms with Gasteiger partial charge in [-0.2, -0.15) is 0 Å². The van der Waals surface area contributed by atoms with Gasteiger partial charge in [-0.3, -0.25) is 0 Å². The van der Waals surface area contributed by atoms with Crippen LogP contribution in [-0.2, 0) is 6.54 Å². The normalized spacial score (nSPS) is 10.5. The second-order valence-corrected chi connectivity index (χ2v) is 4.81. The van der Waals surface area contributed by atoms with E-state index in [1.54, 1.807) is 0 Å². The van der Waals surface area contributed by atoms with Crippen molar-refractivity contribution in [2.75, 3.05) is 7.05 Å². The van der Waals surface area contributed by atoms with Crippen LogP contribution in [0.2, 0.25) is 0 Å². The molecule has 1 aromatic heterocycles. The van der Waals surface area contributed by atoms with Crippen molar-refractivity contribution in [3.05, 3.63) is 52.7 Å². The molecule has 3 heteroatoms. The number of hydrogen-bond acceptors (Lipinski definition) is 3. The average Bonchev–Trinajstić information content (AvgIpc) is 2.33. The summed E-state index contributed by atoms with van der Waals surface area (Å²) in [5.74, 6) is 1.52. The first-order valence-electron chi connectivity index (χ1n) is 6.46. The van der Waals surface area contributed by atoms with Crippen molar-refractivity contribution < 1.29 is 4.74 Å². The first kappa shape index (κ1) is 13.6. The number of aryl methyl sites for hydroxylation is 3. The molecule has 0 aliphatic carbocycles. The lowest BCUT2D eigenvalue weighted by Gasteiger charge is -2.13. The van der Waals surface area contributed by atoms with Crippen molar-refractivity contribution in [3.8, 4) is 11.6 Å². The van der Waals surface area contributed by atoms with E-state index >= 15 is 0 Å². The van der Waals surface area contributed by atoms with Crippen LogP contribution < -0.4 is 10.1 Å². The fraction of sp³-hybridized carbons (Fsp3) is 0.312. The van der Waals surface area contributed by atoms with Gasteiger partial charge in [0, 0.05) is 17.8 Å². The Labute approximate surface area is 114 Å². The van der Waals surface area contributed by atoms with Crippen LogP contribution in [-0.4, -0.2) is 12.0 Å². The van der Waals surface area contributed by atoms with Crippen molar-refractivity contribution in [2.45, 2.75) is 27.3 Å². The Balaban J connectivity index is 2.38. The fourth-order valence-electron chi connectivity index (χ4n) is 2.10. The standard InChI is InChI=1S/C16H20N2O/c1-11-6-5-7-14(8-11)19-16-15(10-17-4)12(2)9-13(3)18-16/h5-9,17H,10H2,1-4H3. The molecule has 0 saturated carbocycles. The SMILES string of the molecule is CNCc1c(C)cc(C)nc1Oc1cccc(C)c1. The van der Waals surface area contributed by atoms with Crippen LogP contribution in [0.25, 0.3) is 0 Å². The minimum Gasteiger partial charge on any atom is -0.439 e. The summed E-state index contributed by atoms with van der Waals surface area (Å²) in [5, 5.41) is 3.16. The molecule has 0 atom stereocenters. The highest BCUT2D eigenvalue weighted by Gasteiger charge is 2.10. The van der Waals surface area contributed by atoms with Crippen LogP contribution in [0, 0.1) is 20.8 Å². The van der Waals surface area contributed by atoms with Gasteiger partial charge in [0.1, 0.15) is 5.75 Å². The highest BCUT2D eigenvalue weighted by Crippen LogP contribution is 2.26. The molecule has 1 N–H and O–H groups in total. The quantitative estimate of drug-likeness (QED) is 0.908. The van der Waals surface area contributed by atoms with Crippen molar-refractivity contribution in [2.24, 2.45) is 0 Å². The molecular weight excluding hydrogens is 236 g/mol. The first-order chi connectivity index (χ1) is 9.10. The predicted octanol–water partition coefficient (Wildman–Crippen LogP) is 3.52. The van der Waals surface area contributed by atoms with E-state index in [-0.39, 0.29) is 0 Å². The highest BCUT2D eigenvalue weighted by atomic mass is 16.5. The number of aromatic nitrogens is 1. The summed E-state index contributed by atoms with van der Waals surface area (Å²) in [4.78, 5) is 4.52. The molecule has 2 aromatic rings. The van der Waals surface area contributed by atoms with Crippen LogP contribution >= 0.6 is 0 Å². The summed E-state index contributed by atoms with van der Waals surface area (Å²) in [7, 11) is 1.93. The molecule has 0 amide bonds. The minimum atomic E-state index is 0.692. The number of nitrogens with zero attached hydrogens (tertiary/aromatic N) is 1. The molecule has 100 valence electrons. The third-order valence-electron chi connectivity index (χ3n) is 3.00. The van der Waals surface area contributed by atoms with Gasteiger partial charge >= 0.3 is 0 Å². The van der Waals surface area contributed by atoms with E-state index in [0.717, 1.165) is 23.6 Å². The Morgan fingerprint density at radius 1 is 1.16 bits per heavy atom. The lowest BCUT2D eigenvalue weighted by molar-refractivity contribution is 0.452. The van der Waals surface area contributed by atoms with E-state index in [9.17, 15) is 0 Å². The fourth-order valence-corrected chi connectivity index (χ4v) is 2.10. The number of nitrogens with one attached hydrogen (secondary N) is 1. The van der Waals surface area contributed by atoms with E-state index in [2.05, 4.69) is 36.3 Å². The Bertz CT molecular complexity index is 579. The van der Waals surface area contributed by atoms with E-state index in [4.69, 9.17) is 4.74 Å². The Morgan fingerprint density at radius 3 is 2.63 bits per heavy atom. The van der Waals surface area contributed by atoms with Crippen LogP contribution in [0.15, 0.2) is 30.3 Å². The zero-order valence-corrected chi connectivity index (χ0v) is 11.9. The van der Waals surface area contributed by atoms with Crippen molar-refractivity contribution >= 4 is 0 Å². The number of pyridine rings is 1. The molecule has 0 saturated heterocycles. The molecule has 0 fully saturated rings. The monoisotopic (exact) mass is 256 g/mol. The molecule has 0 aliphatic rings. The van der Waals surface area contributed by atoms with Gasteiger partial charge in [0.25, 0.3) is 0 Å². The number of hydrogen-bond donors (Lipinski definition) is 1. The summed E-state index contributed by atoms with van der Waals surface area (Å²) in [6.45, 7) is 6.88. The maximum absolute atomic E-state index is 5.95. The zero-order chi connectivity index (χ0) is 13.8. The molecule has 2 rings (SSSR count). The maximum Gasteiger partial charge on any atom is 0.224 e. The largest absolute Gasteiger partial charge is 0.439 e. The zero-order valence-electron chi connectivity index (χ0n) is 11.9. The lowest BCUT2D eigenvalue weighted by atomic mass is 10.1. The molecule has 3 nitrogen and oxygen atoms in total. The Morgan fingerprint density at radius 2 is 1.95 bits per heavy atom. The van der Waals surface area contributed by atoms with E-state index < -0.39 is 0 Å². The number of benzene rings is 1. The number of rotatable bonds is 4. The van der Waals surface area contributed by atoms with Crippen molar-refractivity contribution in [1.29, 1.82) is 0 Å². The highest BCUT2D eigenvalue weighted by molar-refractivity contribution is 5.39. The maximum atomic E-state index is 5.95. The van der Waals surface area contributed by atoms with Gasteiger partial charge in [-0.05, 0) is 57.1 Å². The number of ether oxygens (including phenoxy) is 1. The smallest absolute Gasteiger partial charge is 0.224 e. The van der Waals surface area contributed by atoms with Gasteiger partial charge in [-0.15, -0.1) is 0 Å². The summed E-state index contributed by atoms with van der Waals surface area (Å²) in [6, 6.07) is 10.1. The van der Waals surface area contributed by atoms with Crippen LogP contribution in [0.5, 0.6) is 11.6 Å². The predicted molar refractivity (Wildman–Crippen MR) is 77.7 cm³/mol. The van der Waals surface area contributed by atoms with Gasteiger partial charge in [0.05, 0.1) is 0 Å². The van der Waals surface area contributed by atoms with E-state index in [1.165, 1.54) is 11.1 Å². The second-order valence-electron chi connectivity index (χ2n) is 4.81. The molecule has 0 unspecified atom stereocenters. The molecule has 1 heterocycles. The molecule has 0 spiro atoms. The molecule has 19 heavy (non-hydrogen) atoms. The minimum absolute atomic E-state index is 0.692. The van der Waals surface area contributed by atoms with E-state index in [0.29, 0.717) is 5.88 Å². The average molecular weight is 256 g/mol. The summed E-state index contributed by atoms with van der Waals surface area (Å²) >= 11 is 0.